The van der Waals surface area contributed by atoms with E-state index in [0.717, 1.165) is 11.1 Å². The predicted molar refractivity (Wildman–Crippen MR) is 78.1 cm³/mol. The van der Waals surface area contributed by atoms with Crippen molar-refractivity contribution in [3.8, 4) is 11.1 Å². The Morgan fingerprint density at radius 2 is 1.84 bits per heavy atom. The Hall–Kier alpha value is -1.75. The molecule has 0 radical (unpaired) electrons. The van der Waals surface area contributed by atoms with Crippen LogP contribution in [0.15, 0.2) is 42.9 Å². The van der Waals surface area contributed by atoms with E-state index in [2.05, 4.69) is 9.97 Å². The predicted octanol–water partition coefficient (Wildman–Crippen LogP) is 2.83. The van der Waals surface area contributed by atoms with E-state index in [1.54, 1.807) is 25.5 Å². The molecule has 0 bridgehead atoms. The topological polar surface area (TPSA) is 52.1 Å². The van der Waals surface area contributed by atoms with Crippen LogP contribution in [0.25, 0.3) is 11.1 Å². The number of hydrogen-bond donors (Lipinski definition) is 0. The van der Waals surface area contributed by atoms with Crippen LogP contribution in [0, 0.1) is 0 Å². The molecule has 0 aliphatic carbocycles. The molecular formula is C14H15BrN2O2. The Labute approximate surface area is 122 Å². The normalized spacial score (nSPS) is 9.53. The van der Waals surface area contributed by atoms with Gasteiger partial charge in [0.1, 0.15) is 0 Å². The molecule has 4 nitrogen and oxygen atoms in total. The molecule has 0 spiro atoms. The first-order valence-corrected chi connectivity index (χ1v) is 5.80. The average Bonchev–Trinajstić information content (AvgIpc) is 2.40. The van der Waals surface area contributed by atoms with Gasteiger partial charge in [-0.25, -0.2) is 0 Å². The summed E-state index contributed by atoms with van der Waals surface area (Å²) in [5.41, 5.74) is 2.78. The Balaban J connectivity index is 0.00000180. The molecule has 0 fully saturated rings. The Kier molecular flexibility index (Phi) is 6.15. The maximum atomic E-state index is 11.4. The highest BCUT2D eigenvalue weighted by atomic mass is 79.9. The fourth-order valence-corrected chi connectivity index (χ4v) is 1.66. The lowest BCUT2D eigenvalue weighted by molar-refractivity contribution is -0.142. The fraction of sp³-hybridized carbons (Fsp3) is 0.214. The van der Waals surface area contributed by atoms with Crippen molar-refractivity contribution in [2.75, 3.05) is 6.61 Å². The van der Waals surface area contributed by atoms with E-state index in [1.807, 2.05) is 24.3 Å². The molecule has 2 heterocycles. The molecule has 0 aliphatic heterocycles. The standard InChI is InChI=1S/C14H14N2O2.BrH/c1-2-18-14(17)10-13-9-12(5-8-16-13)11-3-6-15-7-4-11;/h3-9H,2,10H2,1H3;1H. The van der Waals surface area contributed by atoms with Gasteiger partial charge in [0.15, 0.2) is 0 Å². The number of esters is 1. The van der Waals surface area contributed by atoms with Gasteiger partial charge in [-0.05, 0) is 42.3 Å². The zero-order chi connectivity index (χ0) is 12.8. The minimum atomic E-state index is -0.253. The number of pyridine rings is 2. The SMILES string of the molecule is Br.CCOC(=O)Cc1cc(-c2ccncc2)ccn1. The van der Waals surface area contributed by atoms with Crippen molar-refractivity contribution in [1.82, 2.24) is 9.97 Å². The van der Waals surface area contributed by atoms with Crippen molar-refractivity contribution < 1.29 is 9.53 Å². The van der Waals surface area contributed by atoms with Gasteiger partial charge < -0.3 is 4.74 Å². The first-order valence-electron chi connectivity index (χ1n) is 5.80. The second-order valence-electron chi connectivity index (χ2n) is 3.75. The second kappa shape index (κ2) is 7.63. The number of hydrogen-bond acceptors (Lipinski definition) is 4. The molecule has 0 saturated heterocycles. The van der Waals surface area contributed by atoms with Crippen LogP contribution in [0.1, 0.15) is 12.6 Å². The molecule has 0 atom stereocenters. The molecule has 0 aliphatic rings. The number of nitrogens with zero attached hydrogens (tertiary/aromatic N) is 2. The van der Waals surface area contributed by atoms with Crippen molar-refractivity contribution >= 4 is 23.0 Å². The molecule has 19 heavy (non-hydrogen) atoms. The fourth-order valence-electron chi connectivity index (χ4n) is 1.66. The minimum absolute atomic E-state index is 0. The molecule has 5 heteroatoms. The zero-order valence-corrected chi connectivity index (χ0v) is 12.3. The number of aromatic nitrogens is 2. The van der Waals surface area contributed by atoms with Crippen LogP contribution in [0.4, 0.5) is 0 Å². The molecule has 0 aromatic carbocycles. The third-order valence-electron chi connectivity index (χ3n) is 2.46. The number of carbonyl (C=O) groups is 1. The molecule has 100 valence electrons. The number of halogens is 1. The molecule has 0 N–H and O–H groups in total. The van der Waals surface area contributed by atoms with Gasteiger partial charge in [-0.3, -0.25) is 14.8 Å². The Bertz CT molecular complexity index is 532. The summed E-state index contributed by atoms with van der Waals surface area (Å²) in [6, 6.07) is 7.64. The summed E-state index contributed by atoms with van der Waals surface area (Å²) in [5, 5.41) is 0. The largest absolute Gasteiger partial charge is 0.466 e. The summed E-state index contributed by atoms with van der Waals surface area (Å²) in [5.74, 6) is -0.253. The van der Waals surface area contributed by atoms with Gasteiger partial charge in [0.2, 0.25) is 0 Å². The summed E-state index contributed by atoms with van der Waals surface area (Å²) in [6.45, 7) is 2.18. The highest BCUT2D eigenvalue weighted by Gasteiger charge is 2.06. The van der Waals surface area contributed by atoms with E-state index in [-0.39, 0.29) is 29.4 Å². The van der Waals surface area contributed by atoms with E-state index in [1.165, 1.54) is 0 Å². The highest BCUT2D eigenvalue weighted by molar-refractivity contribution is 8.93. The van der Waals surface area contributed by atoms with Crippen LogP contribution >= 0.6 is 17.0 Å². The van der Waals surface area contributed by atoms with E-state index in [4.69, 9.17) is 4.74 Å². The monoisotopic (exact) mass is 322 g/mol. The second-order valence-corrected chi connectivity index (χ2v) is 3.75. The van der Waals surface area contributed by atoms with E-state index in [9.17, 15) is 4.79 Å². The van der Waals surface area contributed by atoms with Crippen LogP contribution < -0.4 is 0 Å². The Morgan fingerprint density at radius 1 is 1.16 bits per heavy atom. The average molecular weight is 323 g/mol. The number of rotatable bonds is 4. The maximum Gasteiger partial charge on any atom is 0.311 e. The quantitative estimate of drug-likeness (QED) is 0.812. The summed E-state index contributed by atoms with van der Waals surface area (Å²) in [6.07, 6.45) is 5.37. The van der Waals surface area contributed by atoms with Crippen LogP contribution in [-0.2, 0) is 16.0 Å². The van der Waals surface area contributed by atoms with Crippen LogP contribution in [0.5, 0.6) is 0 Å². The summed E-state index contributed by atoms with van der Waals surface area (Å²) < 4.78 is 4.90. The van der Waals surface area contributed by atoms with Gasteiger partial charge in [-0.15, -0.1) is 17.0 Å². The first-order chi connectivity index (χ1) is 8.79. The van der Waals surface area contributed by atoms with Crippen molar-refractivity contribution in [2.45, 2.75) is 13.3 Å². The number of ether oxygens (including phenoxy) is 1. The van der Waals surface area contributed by atoms with Crippen LogP contribution in [0.3, 0.4) is 0 Å². The lowest BCUT2D eigenvalue weighted by Crippen LogP contribution is -2.08. The molecule has 0 saturated carbocycles. The lowest BCUT2D eigenvalue weighted by Gasteiger charge is -2.04. The highest BCUT2D eigenvalue weighted by Crippen LogP contribution is 2.18. The first kappa shape index (κ1) is 15.3. The van der Waals surface area contributed by atoms with Gasteiger partial charge >= 0.3 is 5.97 Å². The van der Waals surface area contributed by atoms with Crippen molar-refractivity contribution in [3.63, 3.8) is 0 Å². The van der Waals surface area contributed by atoms with E-state index < -0.39 is 0 Å². The lowest BCUT2D eigenvalue weighted by atomic mass is 10.1. The summed E-state index contributed by atoms with van der Waals surface area (Å²) >= 11 is 0. The third-order valence-corrected chi connectivity index (χ3v) is 2.46. The van der Waals surface area contributed by atoms with Gasteiger partial charge in [-0.1, -0.05) is 0 Å². The summed E-state index contributed by atoms with van der Waals surface area (Å²) in [4.78, 5) is 19.5. The van der Waals surface area contributed by atoms with Gasteiger partial charge in [-0.2, -0.15) is 0 Å². The van der Waals surface area contributed by atoms with Gasteiger partial charge in [0.05, 0.1) is 18.7 Å². The summed E-state index contributed by atoms with van der Waals surface area (Å²) in [7, 11) is 0. The molecule has 0 unspecified atom stereocenters. The van der Waals surface area contributed by atoms with Crippen molar-refractivity contribution in [3.05, 3.63) is 48.5 Å². The van der Waals surface area contributed by atoms with Crippen LogP contribution in [0.2, 0.25) is 0 Å². The van der Waals surface area contributed by atoms with Gasteiger partial charge in [0.25, 0.3) is 0 Å². The molecular weight excluding hydrogens is 308 g/mol. The van der Waals surface area contributed by atoms with Crippen molar-refractivity contribution in [1.29, 1.82) is 0 Å². The smallest absolute Gasteiger partial charge is 0.311 e. The molecule has 0 amide bonds. The minimum Gasteiger partial charge on any atom is -0.466 e. The third kappa shape index (κ3) is 4.44. The zero-order valence-electron chi connectivity index (χ0n) is 10.6. The maximum absolute atomic E-state index is 11.4. The van der Waals surface area contributed by atoms with E-state index >= 15 is 0 Å². The van der Waals surface area contributed by atoms with Crippen molar-refractivity contribution in [2.24, 2.45) is 0 Å². The Morgan fingerprint density at radius 3 is 2.53 bits per heavy atom. The number of carbonyl (C=O) groups excluding carboxylic acids is 1. The molecule has 2 aromatic rings. The molecule has 2 rings (SSSR count). The molecule has 2 aromatic heterocycles. The van der Waals surface area contributed by atoms with Gasteiger partial charge in [0, 0.05) is 18.6 Å². The van der Waals surface area contributed by atoms with E-state index in [0.29, 0.717) is 12.3 Å². The van der Waals surface area contributed by atoms with Crippen LogP contribution in [-0.4, -0.2) is 22.5 Å².